The van der Waals surface area contributed by atoms with Crippen LogP contribution in [0.5, 0.6) is 0 Å². The van der Waals surface area contributed by atoms with Crippen LogP contribution in [-0.4, -0.2) is 51.4 Å². The van der Waals surface area contributed by atoms with Crippen LogP contribution in [0.4, 0.5) is 0 Å². The maximum atomic E-state index is 10.8. The van der Waals surface area contributed by atoms with E-state index in [1.165, 1.54) is 11.8 Å². The van der Waals surface area contributed by atoms with Crippen molar-refractivity contribution in [1.82, 2.24) is 14.5 Å². The third-order valence-corrected chi connectivity index (χ3v) is 4.53. The third kappa shape index (κ3) is 3.90. The number of hydrogen-bond acceptors (Lipinski definition) is 4. The first kappa shape index (κ1) is 16.1. The molecule has 0 atom stereocenters. The van der Waals surface area contributed by atoms with E-state index in [1.54, 1.807) is 6.07 Å². The first-order valence-electron chi connectivity index (χ1n) is 6.70. The van der Waals surface area contributed by atoms with Crippen molar-refractivity contribution in [3.8, 4) is 0 Å². The van der Waals surface area contributed by atoms with Crippen LogP contribution in [0.2, 0.25) is 5.02 Å². The lowest BCUT2D eigenvalue weighted by Gasteiger charge is -2.15. The van der Waals surface area contributed by atoms with Crippen LogP contribution in [0.1, 0.15) is 6.92 Å². The minimum atomic E-state index is -0.852. The van der Waals surface area contributed by atoms with Gasteiger partial charge in [-0.2, -0.15) is 0 Å². The maximum Gasteiger partial charge on any atom is 0.313 e. The van der Waals surface area contributed by atoms with Crippen molar-refractivity contribution in [3.05, 3.63) is 23.2 Å². The molecule has 0 aliphatic heterocycles. The third-order valence-electron chi connectivity index (χ3n) is 3.26. The Labute approximate surface area is 132 Å². The summed E-state index contributed by atoms with van der Waals surface area (Å²) < 4.78 is 2.04. The van der Waals surface area contributed by atoms with Crippen molar-refractivity contribution in [2.45, 2.75) is 18.6 Å². The molecule has 1 aromatic carbocycles. The van der Waals surface area contributed by atoms with E-state index in [9.17, 15) is 4.79 Å². The molecule has 0 radical (unpaired) electrons. The van der Waals surface area contributed by atoms with Crippen molar-refractivity contribution >= 4 is 40.4 Å². The van der Waals surface area contributed by atoms with Gasteiger partial charge in [0, 0.05) is 13.1 Å². The predicted octanol–water partition coefficient (Wildman–Crippen LogP) is 2.82. The van der Waals surface area contributed by atoms with Gasteiger partial charge in [0.2, 0.25) is 0 Å². The number of fused-ring (bicyclic) bond motifs is 1. The van der Waals surface area contributed by atoms with Gasteiger partial charge in [0.15, 0.2) is 5.16 Å². The molecule has 0 fully saturated rings. The van der Waals surface area contributed by atoms with E-state index in [2.05, 4.69) is 23.9 Å². The fourth-order valence-electron chi connectivity index (χ4n) is 1.97. The first-order chi connectivity index (χ1) is 10.0. The zero-order valence-electron chi connectivity index (χ0n) is 12.0. The molecule has 114 valence electrons. The summed E-state index contributed by atoms with van der Waals surface area (Å²) in [5.74, 6) is -0.861. The second-order valence-electron chi connectivity index (χ2n) is 4.73. The van der Waals surface area contributed by atoms with E-state index in [4.69, 9.17) is 16.7 Å². The van der Waals surface area contributed by atoms with E-state index >= 15 is 0 Å². The monoisotopic (exact) mass is 327 g/mol. The fraction of sp³-hybridized carbons (Fsp3) is 0.429. The Hall–Kier alpha value is -1.24. The first-order valence-corrected chi connectivity index (χ1v) is 8.07. The fourth-order valence-corrected chi connectivity index (χ4v) is 2.94. The average Bonchev–Trinajstić information content (AvgIpc) is 2.82. The lowest BCUT2D eigenvalue weighted by molar-refractivity contribution is -0.133. The lowest BCUT2D eigenvalue weighted by Crippen LogP contribution is -2.23. The van der Waals surface area contributed by atoms with Gasteiger partial charge in [-0.3, -0.25) is 4.79 Å². The van der Waals surface area contributed by atoms with Crippen molar-refractivity contribution in [3.63, 3.8) is 0 Å². The molecule has 0 aliphatic carbocycles. The van der Waals surface area contributed by atoms with Gasteiger partial charge in [-0.25, -0.2) is 4.98 Å². The molecule has 0 aliphatic rings. The molecule has 0 saturated heterocycles. The van der Waals surface area contributed by atoms with Crippen molar-refractivity contribution in [2.24, 2.45) is 0 Å². The number of aromatic nitrogens is 2. The molecule has 0 amide bonds. The molecule has 21 heavy (non-hydrogen) atoms. The van der Waals surface area contributed by atoms with Gasteiger partial charge < -0.3 is 14.6 Å². The number of carbonyl (C=O) groups is 1. The topological polar surface area (TPSA) is 58.4 Å². The summed E-state index contributed by atoms with van der Waals surface area (Å²) in [6.07, 6.45) is 0. The zero-order chi connectivity index (χ0) is 15.4. The molecule has 0 spiro atoms. The van der Waals surface area contributed by atoms with Crippen LogP contribution in [0.25, 0.3) is 11.0 Å². The van der Waals surface area contributed by atoms with E-state index < -0.39 is 5.97 Å². The van der Waals surface area contributed by atoms with Crippen molar-refractivity contribution in [1.29, 1.82) is 0 Å². The molecule has 5 nitrogen and oxygen atoms in total. The van der Waals surface area contributed by atoms with Crippen LogP contribution in [0.3, 0.4) is 0 Å². The Bertz CT molecular complexity index is 644. The second-order valence-corrected chi connectivity index (χ2v) is 6.08. The summed E-state index contributed by atoms with van der Waals surface area (Å²) in [7, 11) is 2.05. The molecule has 0 unspecified atom stereocenters. The number of para-hydroxylation sites is 1. The molecule has 0 bridgehead atoms. The van der Waals surface area contributed by atoms with Crippen LogP contribution in [0, 0.1) is 0 Å². The summed E-state index contributed by atoms with van der Waals surface area (Å²) in [6.45, 7) is 4.69. The number of carboxylic acids is 1. The van der Waals surface area contributed by atoms with Gasteiger partial charge in [-0.05, 0) is 25.7 Å². The maximum absolute atomic E-state index is 10.8. The molecule has 1 N–H and O–H groups in total. The molecular weight excluding hydrogens is 310 g/mol. The quantitative estimate of drug-likeness (QED) is 0.792. The highest BCUT2D eigenvalue weighted by molar-refractivity contribution is 7.99. The second kappa shape index (κ2) is 7.15. The number of thioether (sulfide) groups is 1. The number of aliphatic carboxylic acids is 1. The van der Waals surface area contributed by atoms with Gasteiger partial charge in [0.1, 0.15) is 5.52 Å². The van der Waals surface area contributed by atoms with E-state index in [0.717, 1.165) is 30.7 Å². The van der Waals surface area contributed by atoms with Gasteiger partial charge in [-0.1, -0.05) is 36.4 Å². The Morgan fingerprint density at radius 2 is 2.29 bits per heavy atom. The Balaban J connectivity index is 2.35. The molecule has 1 heterocycles. The average molecular weight is 328 g/mol. The Kier molecular flexibility index (Phi) is 5.50. The summed E-state index contributed by atoms with van der Waals surface area (Å²) >= 11 is 7.41. The number of benzene rings is 1. The lowest BCUT2D eigenvalue weighted by atomic mass is 10.3. The van der Waals surface area contributed by atoms with Crippen LogP contribution < -0.4 is 0 Å². The summed E-state index contributed by atoms with van der Waals surface area (Å²) in [5, 5.41) is 10.1. The molecule has 0 saturated carbocycles. The highest BCUT2D eigenvalue weighted by atomic mass is 35.5. The van der Waals surface area contributed by atoms with Crippen molar-refractivity contribution in [2.75, 3.05) is 25.9 Å². The van der Waals surface area contributed by atoms with E-state index in [0.29, 0.717) is 10.2 Å². The van der Waals surface area contributed by atoms with E-state index in [-0.39, 0.29) is 5.75 Å². The van der Waals surface area contributed by atoms with Crippen LogP contribution in [0.15, 0.2) is 23.4 Å². The summed E-state index contributed by atoms with van der Waals surface area (Å²) in [5.41, 5.74) is 1.67. The molecule has 2 aromatic rings. The number of halogens is 1. The highest BCUT2D eigenvalue weighted by Crippen LogP contribution is 2.28. The minimum Gasteiger partial charge on any atom is -0.481 e. The Morgan fingerprint density at radius 3 is 2.95 bits per heavy atom. The number of hydrogen-bond donors (Lipinski definition) is 1. The number of imidazole rings is 1. The largest absolute Gasteiger partial charge is 0.481 e. The smallest absolute Gasteiger partial charge is 0.313 e. The van der Waals surface area contributed by atoms with Crippen molar-refractivity contribution < 1.29 is 9.90 Å². The molecular formula is C14H18ClN3O2S. The SMILES string of the molecule is CCN(C)CCn1c(SCC(=O)O)nc2c(Cl)cccc21. The Morgan fingerprint density at radius 1 is 1.52 bits per heavy atom. The van der Waals surface area contributed by atoms with Crippen LogP contribution in [-0.2, 0) is 11.3 Å². The highest BCUT2D eigenvalue weighted by Gasteiger charge is 2.14. The van der Waals surface area contributed by atoms with Gasteiger partial charge in [-0.15, -0.1) is 0 Å². The summed E-state index contributed by atoms with van der Waals surface area (Å²) in [4.78, 5) is 17.5. The zero-order valence-corrected chi connectivity index (χ0v) is 13.6. The number of rotatable bonds is 7. The number of likely N-dealkylation sites (N-methyl/N-ethyl adjacent to an activating group) is 1. The molecule has 1 aromatic heterocycles. The molecule has 2 rings (SSSR count). The summed E-state index contributed by atoms with van der Waals surface area (Å²) in [6, 6.07) is 5.65. The number of carboxylic acid groups (broad SMARTS) is 1. The van der Waals surface area contributed by atoms with Gasteiger partial charge >= 0.3 is 5.97 Å². The van der Waals surface area contributed by atoms with E-state index in [1.807, 2.05) is 16.7 Å². The normalized spacial score (nSPS) is 11.4. The number of nitrogens with zero attached hydrogens (tertiary/aromatic N) is 3. The molecule has 7 heteroatoms. The van der Waals surface area contributed by atoms with Gasteiger partial charge in [0.25, 0.3) is 0 Å². The van der Waals surface area contributed by atoms with Gasteiger partial charge in [0.05, 0.1) is 16.3 Å². The predicted molar refractivity (Wildman–Crippen MR) is 86.3 cm³/mol. The standard InChI is InChI=1S/C14H18ClN3O2S/c1-3-17(2)7-8-18-11-6-4-5-10(15)13(11)16-14(18)21-9-12(19)20/h4-6H,3,7-9H2,1-2H3,(H,19,20). The minimum absolute atomic E-state index is 0.00937. The van der Waals surface area contributed by atoms with Crippen LogP contribution >= 0.6 is 23.4 Å².